The maximum Gasteiger partial charge on any atom is 0.410 e. The van der Waals surface area contributed by atoms with Crippen LogP contribution in [0.5, 0.6) is 5.75 Å². The SMILES string of the molecule is Cc1ccc([C@@H](CN2CCN(C(=O)OC(C)(C)C)[C@H](C)C2)Oc2cnc(S(=O)(=O)Cl)c(C)c2)cc1F. The van der Waals surface area contributed by atoms with Gasteiger partial charge >= 0.3 is 6.09 Å². The molecular weight excluding hydrogens is 509 g/mol. The average Bonchev–Trinajstić information content (AvgIpc) is 2.73. The average molecular weight is 542 g/mol. The van der Waals surface area contributed by atoms with Gasteiger partial charge in [0.2, 0.25) is 0 Å². The molecular formula is C25H33ClFN3O5S. The fourth-order valence-corrected chi connectivity index (χ4v) is 5.17. The number of hydrogen-bond donors (Lipinski definition) is 0. The van der Waals surface area contributed by atoms with Crippen LogP contribution in [0.3, 0.4) is 0 Å². The standard InChI is InChI=1S/C25H33ClFN3O5S/c1-16-7-8-19(12-21(16)27)22(34-20-11-17(2)23(28-13-20)36(26,32)33)15-29-9-10-30(18(3)14-29)24(31)35-25(4,5)6/h7-8,11-13,18,22H,9-10,14-15H2,1-6H3/t18-,22-/m1/s1. The lowest BCUT2D eigenvalue weighted by molar-refractivity contribution is -0.00301. The molecule has 11 heteroatoms. The minimum Gasteiger partial charge on any atom is -0.483 e. The second kappa shape index (κ2) is 10.9. The summed E-state index contributed by atoms with van der Waals surface area (Å²) in [5.74, 6) is -0.00918. The van der Waals surface area contributed by atoms with Crippen molar-refractivity contribution in [3.05, 3.63) is 53.0 Å². The van der Waals surface area contributed by atoms with E-state index in [9.17, 15) is 17.6 Å². The van der Waals surface area contributed by atoms with Crippen LogP contribution in [0.1, 0.15) is 50.5 Å². The maximum atomic E-state index is 14.4. The number of nitrogens with zero attached hydrogens (tertiary/aromatic N) is 3. The molecule has 1 aliphatic rings. The van der Waals surface area contributed by atoms with E-state index in [2.05, 4.69) is 9.88 Å². The van der Waals surface area contributed by atoms with Gasteiger partial charge < -0.3 is 14.4 Å². The molecule has 0 spiro atoms. The van der Waals surface area contributed by atoms with Crippen molar-refractivity contribution < 1.29 is 27.1 Å². The minimum atomic E-state index is -3.99. The van der Waals surface area contributed by atoms with Crippen LogP contribution in [-0.2, 0) is 13.8 Å². The molecule has 2 aromatic rings. The highest BCUT2D eigenvalue weighted by atomic mass is 35.7. The summed E-state index contributed by atoms with van der Waals surface area (Å²) in [4.78, 5) is 20.4. The zero-order chi connectivity index (χ0) is 26.8. The predicted molar refractivity (Wildman–Crippen MR) is 135 cm³/mol. The Hall–Kier alpha value is -2.43. The molecule has 1 aliphatic heterocycles. The lowest BCUT2D eigenvalue weighted by atomic mass is 10.0. The van der Waals surface area contributed by atoms with E-state index in [0.29, 0.717) is 48.6 Å². The van der Waals surface area contributed by atoms with Gasteiger partial charge in [0.15, 0.2) is 5.03 Å². The van der Waals surface area contributed by atoms with E-state index in [1.54, 1.807) is 36.9 Å². The van der Waals surface area contributed by atoms with Crippen molar-refractivity contribution >= 4 is 25.8 Å². The summed E-state index contributed by atoms with van der Waals surface area (Å²) in [7, 11) is 1.46. The molecule has 1 aromatic heterocycles. The van der Waals surface area contributed by atoms with Crippen molar-refractivity contribution in [1.82, 2.24) is 14.8 Å². The summed E-state index contributed by atoms with van der Waals surface area (Å²) in [5, 5.41) is -0.235. The van der Waals surface area contributed by atoms with E-state index in [-0.39, 0.29) is 23.0 Å². The van der Waals surface area contributed by atoms with E-state index < -0.39 is 20.8 Å². The molecule has 0 radical (unpaired) electrons. The number of halogens is 2. The zero-order valence-corrected chi connectivity index (χ0v) is 23.0. The molecule has 1 fully saturated rings. The number of pyridine rings is 1. The van der Waals surface area contributed by atoms with Gasteiger partial charge in [0.25, 0.3) is 9.05 Å². The number of aromatic nitrogens is 1. The van der Waals surface area contributed by atoms with Crippen LogP contribution in [0, 0.1) is 19.7 Å². The molecule has 0 N–H and O–H groups in total. The predicted octanol–water partition coefficient (Wildman–Crippen LogP) is 4.83. The number of hydrogen-bond acceptors (Lipinski definition) is 7. The Morgan fingerprint density at radius 3 is 2.47 bits per heavy atom. The van der Waals surface area contributed by atoms with Crippen LogP contribution >= 0.6 is 10.7 Å². The Bertz CT molecular complexity index is 1220. The summed E-state index contributed by atoms with van der Waals surface area (Å²) < 4.78 is 49.6. The zero-order valence-electron chi connectivity index (χ0n) is 21.4. The largest absolute Gasteiger partial charge is 0.483 e. The van der Waals surface area contributed by atoms with Crippen molar-refractivity contribution in [1.29, 1.82) is 0 Å². The van der Waals surface area contributed by atoms with Crippen LogP contribution in [0.15, 0.2) is 35.5 Å². The fourth-order valence-electron chi connectivity index (χ4n) is 4.07. The molecule has 0 bridgehead atoms. The molecule has 2 heterocycles. The van der Waals surface area contributed by atoms with Crippen molar-refractivity contribution in [2.75, 3.05) is 26.2 Å². The summed E-state index contributed by atoms with van der Waals surface area (Å²) in [6.45, 7) is 12.8. The van der Waals surface area contributed by atoms with Gasteiger partial charge in [0.05, 0.1) is 6.20 Å². The number of piperazine rings is 1. The molecule has 1 saturated heterocycles. The molecule has 8 nitrogen and oxygen atoms in total. The molecule has 0 saturated carbocycles. The first kappa shape index (κ1) is 28.1. The van der Waals surface area contributed by atoms with E-state index >= 15 is 0 Å². The minimum absolute atomic E-state index is 0.0962. The van der Waals surface area contributed by atoms with Crippen molar-refractivity contribution in [3.63, 3.8) is 0 Å². The monoisotopic (exact) mass is 541 g/mol. The molecule has 2 atom stereocenters. The normalized spacial score (nSPS) is 18.1. The molecule has 3 rings (SSSR count). The summed E-state index contributed by atoms with van der Waals surface area (Å²) in [6.07, 6.45) is 0.377. The third-order valence-electron chi connectivity index (χ3n) is 5.85. The number of amides is 1. The van der Waals surface area contributed by atoms with Gasteiger partial charge in [-0.2, -0.15) is 0 Å². The number of ether oxygens (including phenoxy) is 2. The number of rotatable bonds is 6. The highest BCUT2D eigenvalue weighted by Gasteiger charge is 2.32. The van der Waals surface area contributed by atoms with Crippen LogP contribution in [0.4, 0.5) is 9.18 Å². The maximum absolute atomic E-state index is 14.4. The second-order valence-corrected chi connectivity index (χ2v) is 12.6. The van der Waals surface area contributed by atoms with Crippen LogP contribution in [0.2, 0.25) is 0 Å². The Kier molecular flexibility index (Phi) is 8.52. The topological polar surface area (TPSA) is 89.0 Å². The Morgan fingerprint density at radius 1 is 1.22 bits per heavy atom. The molecule has 1 amide bonds. The van der Waals surface area contributed by atoms with Gasteiger partial charge in [-0.3, -0.25) is 4.90 Å². The van der Waals surface area contributed by atoms with Crippen LogP contribution < -0.4 is 4.74 Å². The van der Waals surface area contributed by atoms with Crippen molar-refractivity contribution in [2.24, 2.45) is 0 Å². The lowest BCUT2D eigenvalue weighted by Gasteiger charge is -2.41. The van der Waals surface area contributed by atoms with Gasteiger partial charge in [-0.25, -0.2) is 22.6 Å². The quantitative estimate of drug-likeness (QED) is 0.484. The van der Waals surface area contributed by atoms with Crippen LogP contribution in [-0.4, -0.2) is 67.1 Å². The number of benzene rings is 1. The van der Waals surface area contributed by atoms with Crippen molar-refractivity contribution in [2.45, 2.75) is 64.3 Å². The van der Waals surface area contributed by atoms with Gasteiger partial charge in [-0.15, -0.1) is 0 Å². The highest BCUT2D eigenvalue weighted by Crippen LogP contribution is 2.28. The number of aryl methyl sites for hydroxylation is 2. The first-order valence-corrected chi connectivity index (χ1v) is 14.0. The molecule has 0 aliphatic carbocycles. The first-order valence-electron chi connectivity index (χ1n) is 11.7. The number of carbonyl (C=O) groups is 1. The van der Waals surface area contributed by atoms with E-state index in [1.165, 1.54) is 12.3 Å². The van der Waals surface area contributed by atoms with Gasteiger partial charge in [0.1, 0.15) is 23.3 Å². The first-order chi connectivity index (χ1) is 16.6. The second-order valence-electron chi connectivity index (χ2n) is 10.1. The lowest BCUT2D eigenvalue weighted by Crippen LogP contribution is -2.55. The summed E-state index contributed by atoms with van der Waals surface area (Å²) in [6, 6.07) is 6.39. The van der Waals surface area contributed by atoms with Gasteiger partial charge in [-0.05, 0) is 70.4 Å². The summed E-state index contributed by atoms with van der Waals surface area (Å²) in [5.41, 5.74) is 0.918. The number of carbonyl (C=O) groups excluding carboxylic acids is 1. The van der Waals surface area contributed by atoms with Gasteiger partial charge in [0, 0.05) is 42.9 Å². The summed E-state index contributed by atoms with van der Waals surface area (Å²) >= 11 is 0. The van der Waals surface area contributed by atoms with E-state index in [0.717, 1.165) is 0 Å². The molecule has 36 heavy (non-hydrogen) atoms. The Labute approximate surface area is 216 Å². The van der Waals surface area contributed by atoms with E-state index in [1.807, 2.05) is 27.7 Å². The molecule has 0 unspecified atom stereocenters. The van der Waals surface area contributed by atoms with Gasteiger partial charge in [-0.1, -0.05) is 12.1 Å². The molecule has 1 aromatic carbocycles. The molecule has 198 valence electrons. The van der Waals surface area contributed by atoms with Crippen molar-refractivity contribution in [3.8, 4) is 5.75 Å². The highest BCUT2D eigenvalue weighted by molar-refractivity contribution is 8.13. The third-order valence-corrected chi connectivity index (χ3v) is 7.17. The Morgan fingerprint density at radius 2 is 1.92 bits per heavy atom. The third kappa shape index (κ3) is 7.30. The fraction of sp³-hybridized carbons (Fsp3) is 0.520. The van der Waals surface area contributed by atoms with E-state index in [4.69, 9.17) is 20.2 Å². The Balaban J connectivity index is 1.80. The van der Waals surface area contributed by atoms with Crippen LogP contribution in [0.25, 0.3) is 0 Å². The smallest absolute Gasteiger partial charge is 0.410 e.